The number of benzene rings is 2. The van der Waals surface area contributed by atoms with Crippen LogP contribution in [0.5, 0.6) is 0 Å². The summed E-state index contributed by atoms with van der Waals surface area (Å²) < 4.78 is 6.71. The lowest BCUT2D eigenvalue weighted by Gasteiger charge is -2.06. The maximum Gasteiger partial charge on any atom is 0.307 e. The fraction of sp³-hybridized carbons (Fsp3) is 0.143. The number of ether oxygens (including phenoxy) is 1. The number of esters is 1. The quantitative estimate of drug-likeness (QED) is 0.430. The SMILES string of the molecule is O=C(CCn1cnc2ccccc2c1=O)OCc1csc(-c2ccccc2Cl)n1. The summed E-state index contributed by atoms with van der Waals surface area (Å²) in [5.41, 5.74) is 1.96. The minimum Gasteiger partial charge on any atom is -0.459 e. The summed E-state index contributed by atoms with van der Waals surface area (Å²) in [5, 5.41) is 3.76. The number of halogens is 1. The first kappa shape index (κ1) is 19.3. The van der Waals surface area contributed by atoms with E-state index in [4.69, 9.17) is 16.3 Å². The summed E-state index contributed by atoms with van der Waals surface area (Å²) >= 11 is 7.63. The van der Waals surface area contributed by atoms with Gasteiger partial charge in [-0.25, -0.2) is 9.97 Å². The molecule has 0 N–H and O–H groups in total. The third-order valence-corrected chi connectivity index (χ3v) is 5.58. The van der Waals surface area contributed by atoms with Gasteiger partial charge in [-0.15, -0.1) is 11.3 Å². The molecule has 0 saturated heterocycles. The number of carbonyl (C=O) groups is 1. The van der Waals surface area contributed by atoms with E-state index in [1.165, 1.54) is 22.2 Å². The summed E-state index contributed by atoms with van der Waals surface area (Å²) in [6.07, 6.45) is 1.52. The molecule has 0 fully saturated rings. The molecule has 4 aromatic rings. The van der Waals surface area contributed by atoms with E-state index in [1.807, 2.05) is 35.7 Å². The highest BCUT2D eigenvalue weighted by Gasteiger charge is 2.11. The lowest BCUT2D eigenvalue weighted by Crippen LogP contribution is -2.22. The molecule has 0 saturated carbocycles. The average Bonchev–Trinajstić information content (AvgIpc) is 3.21. The number of hydrogen-bond acceptors (Lipinski definition) is 6. The number of thiazole rings is 1. The van der Waals surface area contributed by atoms with Crippen LogP contribution >= 0.6 is 22.9 Å². The zero-order valence-corrected chi connectivity index (χ0v) is 16.8. The van der Waals surface area contributed by atoms with Crippen molar-refractivity contribution < 1.29 is 9.53 Å². The second kappa shape index (κ2) is 8.55. The lowest BCUT2D eigenvalue weighted by molar-refractivity contribution is -0.145. The molecule has 0 amide bonds. The first-order valence-corrected chi connectivity index (χ1v) is 10.2. The summed E-state index contributed by atoms with van der Waals surface area (Å²) in [6.45, 7) is 0.280. The van der Waals surface area contributed by atoms with Crippen LogP contribution < -0.4 is 5.56 Å². The van der Waals surface area contributed by atoms with Gasteiger partial charge in [0.1, 0.15) is 11.6 Å². The Hall–Kier alpha value is -3.03. The molecule has 2 aromatic heterocycles. The van der Waals surface area contributed by atoms with Gasteiger partial charge in [0.15, 0.2) is 0 Å². The molecule has 0 bridgehead atoms. The molecule has 8 heteroatoms. The topological polar surface area (TPSA) is 74.1 Å². The number of aromatic nitrogens is 3. The predicted octanol–water partition coefficient (Wildman–Crippen LogP) is 4.31. The molecule has 0 aliphatic carbocycles. The van der Waals surface area contributed by atoms with Crippen molar-refractivity contribution in [2.45, 2.75) is 19.6 Å². The molecule has 0 aliphatic rings. The Morgan fingerprint density at radius 2 is 1.93 bits per heavy atom. The molecule has 0 unspecified atom stereocenters. The van der Waals surface area contributed by atoms with Crippen molar-refractivity contribution >= 4 is 39.8 Å². The van der Waals surface area contributed by atoms with E-state index in [-0.39, 0.29) is 25.1 Å². The number of para-hydroxylation sites is 1. The van der Waals surface area contributed by atoms with Crippen LogP contribution in [-0.4, -0.2) is 20.5 Å². The normalized spacial score (nSPS) is 10.9. The van der Waals surface area contributed by atoms with Gasteiger partial charge in [-0.2, -0.15) is 0 Å². The molecule has 0 aliphatic heterocycles. The summed E-state index contributed by atoms with van der Waals surface area (Å²) in [7, 11) is 0. The summed E-state index contributed by atoms with van der Waals surface area (Å²) in [6, 6.07) is 14.6. The van der Waals surface area contributed by atoms with Gasteiger partial charge in [0.25, 0.3) is 5.56 Å². The smallest absolute Gasteiger partial charge is 0.307 e. The molecule has 0 radical (unpaired) electrons. The van der Waals surface area contributed by atoms with Crippen molar-refractivity contribution in [2.24, 2.45) is 0 Å². The van der Waals surface area contributed by atoms with Crippen LogP contribution in [0.25, 0.3) is 21.5 Å². The second-order valence-corrected chi connectivity index (χ2v) is 7.56. The van der Waals surface area contributed by atoms with Crippen molar-refractivity contribution in [3.63, 3.8) is 0 Å². The van der Waals surface area contributed by atoms with E-state index in [9.17, 15) is 9.59 Å². The van der Waals surface area contributed by atoms with Crippen LogP contribution in [0.3, 0.4) is 0 Å². The van der Waals surface area contributed by atoms with E-state index in [2.05, 4.69) is 9.97 Å². The lowest BCUT2D eigenvalue weighted by atomic mass is 10.2. The van der Waals surface area contributed by atoms with Crippen LogP contribution in [0, 0.1) is 0 Å². The molecule has 2 aromatic carbocycles. The van der Waals surface area contributed by atoms with Crippen LogP contribution in [0.15, 0.2) is 65.0 Å². The van der Waals surface area contributed by atoms with E-state index >= 15 is 0 Å². The Balaban J connectivity index is 1.35. The number of rotatable bonds is 6. The highest BCUT2D eigenvalue weighted by Crippen LogP contribution is 2.30. The van der Waals surface area contributed by atoms with Gasteiger partial charge in [0.2, 0.25) is 0 Å². The van der Waals surface area contributed by atoms with Gasteiger partial charge in [0.05, 0.1) is 34.4 Å². The number of aryl methyl sites for hydroxylation is 1. The van der Waals surface area contributed by atoms with Gasteiger partial charge in [-0.3, -0.25) is 14.2 Å². The average molecular weight is 426 g/mol. The third kappa shape index (κ3) is 4.36. The molecule has 0 spiro atoms. The third-order valence-electron chi connectivity index (χ3n) is 4.33. The predicted molar refractivity (Wildman–Crippen MR) is 113 cm³/mol. The Labute approximate surface area is 175 Å². The largest absolute Gasteiger partial charge is 0.459 e. The highest BCUT2D eigenvalue weighted by atomic mass is 35.5. The maximum absolute atomic E-state index is 12.4. The van der Waals surface area contributed by atoms with Gasteiger partial charge < -0.3 is 4.74 Å². The van der Waals surface area contributed by atoms with Crippen LogP contribution in [0.4, 0.5) is 0 Å². The van der Waals surface area contributed by atoms with Gasteiger partial charge in [0, 0.05) is 17.5 Å². The van der Waals surface area contributed by atoms with E-state index in [1.54, 1.807) is 18.2 Å². The second-order valence-electron chi connectivity index (χ2n) is 6.29. The van der Waals surface area contributed by atoms with Crippen LogP contribution in [-0.2, 0) is 22.7 Å². The van der Waals surface area contributed by atoms with Crippen molar-refractivity contribution in [3.8, 4) is 10.6 Å². The van der Waals surface area contributed by atoms with Crippen molar-refractivity contribution in [3.05, 3.63) is 81.3 Å². The highest BCUT2D eigenvalue weighted by molar-refractivity contribution is 7.13. The molecular weight excluding hydrogens is 410 g/mol. The zero-order valence-electron chi connectivity index (χ0n) is 15.2. The minimum absolute atomic E-state index is 0.0709. The van der Waals surface area contributed by atoms with E-state index in [0.29, 0.717) is 21.6 Å². The number of hydrogen-bond donors (Lipinski definition) is 0. The fourth-order valence-electron chi connectivity index (χ4n) is 2.84. The Kier molecular flexibility index (Phi) is 5.69. The molecule has 4 rings (SSSR count). The molecule has 6 nitrogen and oxygen atoms in total. The molecule has 0 atom stereocenters. The fourth-order valence-corrected chi connectivity index (χ4v) is 3.96. The molecule has 146 valence electrons. The van der Waals surface area contributed by atoms with Crippen LogP contribution in [0.2, 0.25) is 5.02 Å². The Morgan fingerprint density at radius 1 is 1.14 bits per heavy atom. The first-order chi connectivity index (χ1) is 14.1. The number of fused-ring (bicyclic) bond motifs is 1. The Bertz CT molecular complexity index is 1240. The Morgan fingerprint density at radius 3 is 2.79 bits per heavy atom. The number of carbonyl (C=O) groups excluding carboxylic acids is 1. The van der Waals surface area contributed by atoms with Gasteiger partial charge >= 0.3 is 5.97 Å². The van der Waals surface area contributed by atoms with E-state index in [0.717, 1.165) is 10.6 Å². The first-order valence-electron chi connectivity index (χ1n) is 8.91. The molecule has 2 heterocycles. The van der Waals surface area contributed by atoms with Crippen LogP contribution in [0.1, 0.15) is 12.1 Å². The van der Waals surface area contributed by atoms with Crippen molar-refractivity contribution in [1.82, 2.24) is 14.5 Å². The summed E-state index contributed by atoms with van der Waals surface area (Å²) in [5.74, 6) is -0.405. The minimum atomic E-state index is -0.405. The number of nitrogens with zero attached hydrogens (tertiary/aromatic N) is 3. The standard InChI is InChI=1S/C21H16ClN3O3S/c22-17-7-3-1-5-15(17)20-24-14(12-29-20)11-28-19(26)9-10-25-13-23-18-8-4-2-6-16(18)21(25)27/h1-8,12-13H,9-11H2. The van der Waals surface area contributed by atoms with Gasteiger partial charge in [-0.1, -0.05) is 41.9 Å². The monoisotopic (exact) mass is 425 g/mol. The molecular formula is C21H16ClN3O3S. The summed E-state index contributed by atoms with van der Waals surface area (Å²) in [4.78, 5) is 33.2. The van der Waals surface area contributed by atoms with E-state index < -0.39 is 5.97 Å². The molecule has 29 heavy (non-hydrogen) atoms. The maximum atomic E-state index is 12.4. The van der Waals surface area contributed by atoms with Gasteiger partial charge in [-0.05, 0) is 18.2 Å². The van der Waals surface area contributed by atoms with Crippen molar-refractivity contribution in [1.29, 1.82) is 0 Å². The van der Waals surface area contributed by atoms with Crippen molar-refractivity contribution in [2.75, 3.05) is 0 Å². The zero-order chi connectivity index (χ0) is 20.2.